The van der Waals surface area contributed by atoms with Gasteiger partial charge in [-0.15, -0.1) is 0 Å². The molecule has 1 unspecified atom stereocenters. The van der Waals surface area contributed by atoms with Crippen molar-refractivity contribution in [1.82, 2.24) is 15.0 Å². The largest absolute Gasteiger partial charge is 0.495 e. The van der Waals surface area contributed by atoms with Crippen LogP contribution in [0.15, 0.2) is 18.3 Å². The number of pyridine rings is 1. The maximum absolute atomic E-state index is 6.65. The van der Waals surface area contributed by atoms with E-state index < -0.39 is 0 Å². The van der Waals surface area contributed by atoms with Gasteiger partial charge in [0.05, 0.1) is 48.7 Å². The van der Waals surface area contributed by atoms with E-state index in [-0.39, 0.29) is 6.04 Å². The van der Waals surface area contributed by atoms with Crippen LogP contribution in [-0.2, 0) is 4.74 Å². The van der Waals surface area contributed by atoms with Gasteiger partial charge in [0, 0.05) is 30.2 Å². The zero-order valence-electron chi connectivity index (χ0n) is 19.0. The number of fused-ring (bicyclic) bond motifs is 1. The summed E-state index contributed by atoms with van der Waals surface area (Å²) in [5.41, 5.74) is 1.60. The van der Waals surface area contributed by atoms with E-state index in [9.17, 15) is 0 Å². The third-order valence-corrected chi connectivity index (χ3v) is 6.69. The van der Waals surface area contributed by atoms with Crippen LogP contribution in [-0.4, -0.2) is 55.0 Å². The van der Waals surface area contributed by atoms with Gasteiger partial charge in [0.1, 0.15) is 11.5 Å². The number of ether oxygens (including phenoxy) is 4. The molecule has 1 aromatic carbocycles. The number of halogens is 2. The standard InChI is InChI=1S/C24H25Cl2N4O4/c1-31-17-9-18(32-2)21(26)19(20(17)25)16-8-14-10-27-24(28-15-4-3-7-33-12-15)30-22(14)23(29-16)34-11-13-5-6-13/h8-10,13,15H,3-7,11-12H2,1-2H3/q-1. The summed E-state index contributed by atoms with van der Waals surface area (Å²) in [5, 5.41) is 6.07. The smallest absolute Gasteiger partial charge is 0.224 e. The number of rotatable bonds is 8. The summed E-state index contributed by atoms with van der Waals surface area (Å²) in [6.07, 6.45) is 5.96. The Morgan fingerprint density at radius 1 is 1.06 bits per heavy atom. The van der Waals surface area contributed by atoms with Gasteiger partial charge in [-0.3, -0.25) is 0 Å². The SMILES string of the molecule is COc1cc(OC)c(Cl)c(-c2cc3cnc([N-]C4CCCOC4)nc3c(OCC3CC3)n2)c1Cl. The summed E-state index contributed by atoms with van der Waals surface area (Å²) < 4.78 is 22.5. The topological polar surface area (TPSA) is 89.7 Å². The molecule has 2 fully saturated rings. The lowest BCUT2D eigenvalue weighted by molar-refractivity contribution is 0.0903. The van der Waals surface area contributed by atoms with Crippen LogP contribution < -0.4 is 14.2 Å². The molecule has 0 amide bonds. The second kappa shape index (κ2) is 9.98. The van der Waals surface area contributed by atoms with Gasteiger partial charge in [-0.1, -0.05) is 23.2 Å². The molecular weight excluding hydrogens is 479 g/mol. The molecular formula is C24H25Cl2N4O4-. The number of hydrogen-bond donors (Lipinski definition) is 0. The van der Waals surface area contributed by atoms with Crippen molar-refractivity contribution in [1.29, 1.82) is 0 Å². The van der Waals surface area contributed by atoms with Crippen LogP contribution in [0.1, 0.15) is 25.7 Å². The molecule has 8 nitrogen and oxygen atoms in total. The van der Waals surface area contributed by atoms with E-state index >= 15 is 0 Å². The Balaban J connectivity index is 1.59. The Bertz CT molecular complexity index is 1170. The van der Waals surface area contributed by atoms with Crippen molar-refractivity contribution < 1.29 is 18.9 Å². The zero-order valence-corrected chi connectivity index (χ0v) is 20.5. The molecule has 1 atom stereocenters. The normalized spacial score (nSPS) is 18.1. The quantitative estimate of drug-likeness (QED) is 0.372. The first-order valence-corrected chi connectivity index (χ1v) is 12.0. The minimum atomic E-state index is 0.0520. The van der Waals surface area contributed by atoms with Gasteiger partial charge in [-0.25, -0.2) is 4.98 Å². The van der Waals surface area contributed by atoms with Gasteiger partial charge in [0.25, 0.3) is 0 Å². The third kappa shape index (κ3) is 4.80. The van der Waals surface area contributed by atoms with Crippen LogP contribution in [0.25, 0.3) is 27.5 Å². The first-order chi connectivity index (χ1) is 16.6. The Morgan fingerprint density at radius 3 is 2.47 bits per heavy atom. The van der Waals surface area contributed by atoms with E-state index in [0.717, 1.165) is 37.7 Å². The van der Waals surface area contributed by atoms with Crippen LogP contribution in [0.3, 0.4) is 0 Å². The van der Waals surface area contributed by atoms with Gasteiger partial charge in [0.15, 0.2) is 0 Å². The lowest BCUT2D eigenvalue weighted by Crippen LogP contribution is -2.21. The van der Waals surface area contributed by atoms with Gasteiger partial charge < -0.3 is 34.2 Å². The predicted octanol–water partition coefficient (Wildman–Crippen LogP) is 5.99. The molecule has 0 N–H and O–H groups in total. The number of methoxy groups -OCH3 is 2. The average molecular weight is 504 g/mol. The number of nitrogens with zero attached hydrogens (tertiary/aromatic N) is 4. The van der Waals surface area contributed by atoms with Crippen LogP contribution in [0.2, 0.25) is 10.0 Å². The molecule has 1 aliphatic heterocycles. The van der Waals surface area contributed by atoms with E-state index in [4.69, 9.17) is 47.1 Å². The monoisotopic (exact) mass is 503 g/mol. The van der Waals surface area contributed by atoms with Crippen molar-refractivity contribution in [3.05, 3.63) is 33.7 Å². The fourth-order valence-corrected chi connectivity index (χ4v) is 4.57. The molecule has 34 heavy (non-hydrogen) atoms. The Hall–Kier alpha value is -2.55. The van der Waals surface area contributed by atoms with Crippen molar-refractivity contribution in [2.45, 2.75) is 31.7 Å². The molecule has 1 aliphatic carbocycles. The molecule has 2 aliphatic rings. The van der Waals surface area contributed by atoms with E-state index in [1.54, 1.807) is 12.3 Å². The summed E-state index contributed by atoms with van der Waals surface area (Å²) in [6, 6.07) is 3.53. The predicted molar refractivity (Wildman–Crippen MR) is 131 cm³/mol. The van der Waals surface area contributed by atoms with Crippen LogP contribution in [0.4, 0.5) is 5.95 Å². The van der Waals surface area contributed by atoms with E-state index in [1.165, 1.54) is 14.2 Å². The second-order valence-electron chi connectivity index (χ2n) is 8.46. The van der Waals surface area contributed by atoms with Crippen LogP contribution in [0, 0.1) is 5.92 Å². The summed E-state index contributed by atoms with van der Waals surface area (Å²) in [7, 11) is 3.07. The minimum Gasteiger partial charge on any atom is -0.495 e. The highest BCUT2D eigenvalue weighted by Gasteiger charge is 2.24. The fraction of sp³-hybridized carbons (Fsp3) is 0.458. The fourth-order valence-electron chi connectivity index (χ4n) is 3.87. The average Bonchev–Trinajstić information content (AvgIpc) is 3.68. The van der Waals surface area contributed by atoms with Crippen molar-refractivity contribution >= 4 is 40.1 Å². The second-order valence-corrected chi connectivity index (χ2v) is 9.21. The molecule has 10 heteroatoms. The zero-order chi connectivity index (χ0) is 23.7. The maximum Gasteiger partial charge on any atom is 0.224 e. The van der Waals surface area contributed by atoms with Crippen molar-refractivity contribution in [2.24, 2.45) is 5.92 Å². The molecule has 3 aromatic rings. The summed E-state index contributed by atoms with van der Waals surface area (Å²) in [4.78, 5) is 13.9. The molecule has 5 rings (SSSR count). The van der Waals surface area contributed by atoms with Gasteiger partial charge in [0.2, 0.25) is 5.88 Å². The van der Waals surface area contributed by atoms with Gasteiger partial charge in [-0.2, -0.15) is 0 Å². The highest BCUT2D eigenvalue weighted by molar-refractivity contribution is 6.41. The minimum absolute atomic E-state index is 0.0520. The van der Waals surface area contributed by atoms with Crippen molar-refractivity contribution in [2.75, 3.05) is 34.0 Å². The third-order valence-electron chi connectivity index (χ3n) is 5.94. The lowest BCUT2D eigenvalue weighted by atomic mass is 10.1. The first-order valence-electron chi connectivity index (χ1n) is 11.3. The van der Waals surface area contributed by atoms with Crippen molar-refractivity contribution in [3.8, 4) is 28.6 Å². The molecule has 1 saturated carbocycles. The summed E-state index contributed by atoms with van der Waals surface area (Å²) in [5.74, 6) is 2.19. The van der Waals surface area contributed by atoms with E-state index in [1.807, 2.05) is 6.07 Å². The Labute approximate surface area is 207 Å². The molecule has 0 bridgehead atoms. The van der Waals surface area contributed by atoms with E-state index in [0.29, 0.717) is 69.3 Å². The van der Waals surface area contributed by atoms with Gasteiger partial charge in [-0.05, 0) is 49.3 Å². The Kier molecular flexibility index (Phi) is 6.81. The molecule has 1 saturated heterocycles. The molecule has 3 heterocycles. The highest BCUT2D eigenvalue weighted by atomic mass is 35.5. The maximum atomic E-state index is 6.65. The number of hydrogen-bond acceptors (Lipinski definition) is 7. The van der Waals surface area contributed by atoms with Crippen molar-refractivity contribution in [3.63, 3.8) is 0 Å². The molecule has 0 spiro atoms. The van der Waals surface area contributed by atoms with Gasteiger partial charge >= 0.3 is 0 Å². The van der Waals surface area contributed by atoms with E-state index in [2.05, 4.69) is 15.3 Å². The van der Waals surface area contributed by atoms with Crippen LogP contribution in [0.5, 0.6) is 17.4 Å². The molecule has 2 aromatic heterocycles. The Morgan fingerprint density at radius 2 is 1.82 bits per heavy atom. The molecule has 0 radical (unpaired) electrons. The summed E-state index contributed by atoms with van der Waals surface area (Å²) in [6.45, 7) is 1.93. The first kappa shape index (κ1) is 23.2. The number of benzene rings is 1. The highest BCUT2D eigenvalue weighted by Crippen LogP contribution is 2.46. The number of aromatic nitrogens is 3. The summed E-state index contributed by atoms with van der Waals surface area (Å²) >= 11 is 13.3. The van der Waals surface area contributed by atoms with Crippen LogP contribution >= 0.6 is 23.2 Å². The lowest BCUT2D eigenvalue weighted by Gasteiger charge is -2.27. The molecule has 180 valence electrons.